The summed E-state index contributed by atoms with van der Waals surface area (Å²) in [7, 11) is 0. The van der Waals surface area contributed by atoms with Crippen molar-refractivity contribution in [1.82, 2.24) is 0 Å². The summed E-state index contributed by atoms with van der Waals surface area (Å²) in [5, 5.41) is 0. The highest BCUT2D eigenvalue weighted by molar-refractivity contribution is 5.37. The Bertz CT molecular complexity index is 211. The van der Waals surface area contributed by atoms with Gasteiger partial charge in [-0.15, -0.1) is 0 Å². The summed E-state index contributed by atoms with van der Waals surface area (Å²) in [6.07, 6.45) is 6.76. The van der Waals surface area contributed by atoms with E-state index in [0.717, 1.165) is 6.61 Å². The minimum absolute atomic E-state index is 0.325. The summed E-state index contributed by atoms with van der Waals surface area (Å²) in [6, 6.07) is 0. The lowest BCUT2D eigenvalue weighted by Crippen LogP contribution is -2.07. The Labute approximate surface area is 61.1 Å². The largest absolute Gasteiger partial charge is 0.365 e. The molecule has 0 aromatic heterocycles. The van der Waals surface area contributed by atoms with Crippen LogP contribution in [0.1, 0.15) is 32.1 Å². The average molecular weight is 136 g/mol. The van der Waals surface area contributed by atoms with Gasteiger partial charge in [-0.1, -0.05) is 5.57 Å². The number of hydrogen-bond acceptors (Lipinski definition) is 1. The third-order valence-electron chi connectivity index (χ3n) is 3.21. The van der Waals surface area contributed by atoms with Gasteiger partial charge in [-0.2, -0.15) is 0 Å². The topological polar surface area (TPSA) is 12.5 Å². The monoisotopic (exact) mass is 136 g/mol. The molecule has 1 spiro atoms. The van der Waals surface area contributed by atoms with Gasteiger partial charge in [0.05, 0.1) is 6.61 Å². The van der Waals surface area contributed by atoms with E-state index >= 15 is 0 Å². The van der Waals surface area contributed by atoms with Crippen LogP contribution >= 0.6 is 0 Å². The second kappa shape index (κ2) is 1.48. The third-order valence-corrected chi connectivity index (χ3v) is 3.21. The first-order valence-electron chi connectivity index (χ1n) is 4.26. The Morgan fingerprint density at radius 3 is 2.90 bits per heavy atom. The molecule has 1 fully saturated rings. The molecule has 0 N–H and O–H groups in total. The van der Waals surface area contributed by atoms with Crippen molar-refractivity contribution in [2.45, 2.75) is 37.7 Å². The van der Waals surface area contributed by atoms with E-state index in [1.165, 1.54) is 32.1 Å². The summed E-state index contributed by atoms with van der Waals surface area (Å²) in [4.78, 5) is 0. The molecule has 1 unspecified atom stereocenters. The highest BCUT2D eigenvalue weighted by atomic mass is 16.6. The van der Waals surface area contributed by atoms with Crippen molar-refractivity contribution in [3.8, 4) is 0 Å². The molecular formula is C9H12O. The maximum absolute atomic E-state index is 5.51. The van der Waals surface area contributed by atoms with Crippen LogP contribution in [0.3, 0.4) is 0 Å². The van der Waals surface area contributed by atoms with Crippen molar-refractivity contribution in [3.63, 3.8) is 0 Å². The zero-order chi connectivity index (χ0) is 6.60. The summed E-state index contributed by atoms with van der Waals surface area (Å²) >= 11 is 0. The van der Waals surface area contributed by atoms with Crippen molar-refractivity contribution in [1.29, 1.82) is 0 Å². The maximum Gasteiger partial charge on any atom is 0.113 e. The SMILES string of the molecule is C1CC2=C(C1)C1(CC2)CO1. The number of hydrogen-bond donors (Lipinski definition) is 0. The van der Waals surface area contributed by atoms with E-state index in [1.54, 1.807) is 11.1 Å². The fraction of sp³-hybridized carbons (Fsp3) is 0.778. The molecule has 0 radical (unpaired) electrons. The van der Waals surface area contributed by atoms with Crippen molar-refractivity contribution >= 4 is 0 Å². The Hall–Kier alpha value is -0.300. The Balaban J connectivity index is 2.04. The average Bonchev–Trinajstić information content (AvgIpc) is 2.40. The lowest BCUT2D eigenvalue weighted by Gasteiger charge is -2.04. The minimum Gasteiger partial charge on any atom is -0.365 e. The first-order chi connectivity index (χ1) is 4.91. The van der Waals surface area contributed by atoms with Gasteiger partial charge in [0, 0.05) is 0 Å². The number of ether oxygens (including phenoxy) is 1. The lowest BCUT2D eigenvalue weighted by molar-refractivity contribution is 0.331. The zero-order valence-electron chi connectivity index (χ0n) is 6.15. The van der Waals surface area contributed by atoms with Crippen molar-refractivity contribution in [2.75, 3.05) is 6.61 Å². The summed E-state index contributed by atoms with van der Waals surface area (Å²) in [5.74, 6) is 0. The van der Waals surface area contributed by atoms with Crippen LogP contribution < -0.4 is 0 Å². The molecule has 2 aliphatic carbocycles. The Morgan fingerprint density at radius 1 is 1.20 bits per heavy atom. The van der Waals surface area contributed by atoms with Gasteiger partial charge in [0.25, 0.3) is 0 Å². The predicted molar refractivity (Wildman–Crippen MR) is 38.8 cm³/mol. The van der Waals surface area contributed by atoms with Crippen LogP contribution in [-0.4, -0.2) is 12.2 Å². The van der Waals surface area contributed by atoms with Crippen molar-refractivity contribution in [2.24, 2.45) is 0 Å². The smallest absolute Gasteiger partial charge is 0.113 e. The van der Waals surface area contributed by atoms with Gasteiger partial charge < -0.3 is 4.74 Å². The molecular weight excluding hydrogens is 124 g/mol. The number of rotatable bonds is 0. The van der Waals surface area contributed by atoms with Gasteiger partial charge in [-0.05, 0) is 37.7 Å². The molecule has 1 atom stereocenters. The highest BCUT2D eigenvalue weighted by Gasteiger charge is 2.52. The van der Waals surface area contributed by atoms with Crippen LogP contribution in [0.25, 0.3) is 0 Å². The molecule has 0 saturated carbocycles. The maximum atomic E-state index is 5.51. The lowest BCUT2D eigenvalue weighted by atomic mass is 10.0. The first-order valence-corrected chi connectivity index (χ1v) is 4.26. The molecule has 0 amide bonds. The molecule has 1 heterocycles. The number of epoxide rings is 1. The Kier molecular flexibility index (Phi) is 0.791. The van der Waals surface area contributed by atoms with Gasteiger partial charge in [0.15, 0.2) is 0 Å². The fourth-order valence-corrected chi connectivity index (χ4v) is 2.54. The number of allylic oxidation sites excluding steroid dienone is 1. The van der Waals surface area contributed by atoms with E-state index in [4.69, 9.17) is 4.74 Å². The van der Waals surface area contributed by atoms with E-state index < -0.39 is 0 Å². The van der Waals surface area contributed by atoms with Crippen LogP contribution in [0.5, 0.6) is 0 Å². The van der Waals surface area contributed by atoms with E-state index in [0.29, 0.717) is 5.60 Å². The minimum atomic E-state index is 0.325. The molecule has 3 rings (SSSR count). The summed E-state index contributed by atoms with van der Waals surface area (Å²) in [5.41, 5.74) is 3.77. The van der Waals surface area contributed by atoms with Gasteiger partial charge in [-0.3, -0.25) is 0 Å². The van der Waals surface area contributed by atoms with Gasteiger partial charge in [-0.25, -0.2) is 0 Å². The van der Waals surface area contributed by atoms with Crippen LogP contribution in [0.2, 0.25) is 0 Å². The highest BCUT2D eigenvalue weighted by Crippen LogP contribution is 2.53. The molecule has 1 saturated heterocycles. The van der Waals surface area contributed by atoms with Gasteiger partial charge in [0.1, 0.15) is 5.60 Å². The summed E-state index contributed by atoms with van der Waals surface area (Å²) < 4.78 is 5.51. The van der Waals surface area contributed by atoms with E-state index in [9.17, 15) is 0 Å². The van der Waals surface area contributed by atoms with E-state index in [1.807, 2.05) is 0 Å². The van der Waals surface area contributed by atoms with Crippen molar-refractivity contribution in [3.05, 3.63) is 11.1 Å². The molecule has 0 aromatic carbocycles. The normalized spacial score (nSPS) is 43.2. The van der Waals surface area contributed by atoms with E-state index in [2.05, 4.69) is 0 Å². The molecule has 0 aromatic rings. The zero-order valence-corrected chi connectivity index (χ0v) is 6.15. The van der Waals surface area contributed by atoms with Crippen LogP contribution in [-0.2, 0) is 4.74 Å². The second-order valence-corrected chi connectivity index (χ2v) is 3.72. The molecule has 54 valence electrons. The standard InChI is InChI=1S/C9H12O/c1-2-7-4-5-9(6-10-9)8(7)3-1/h1-6H2. The van der Waals surface area contributed by atoms with Crippen LogP contribution in [0.4, 0.5) is 0 Å². The molecule has 1 nitrogen and oxygen atoms in total. The number of fused-ring (bicyclic) bond motifs is 1. The molecule has 0 bridgehead atoms. The molecule has 1 aliphatic heterocycles. The fourth-order valence-electron chi connectivity index (χ4n) is 2.54. The first kappa shape index (κ1) is 5.36. The van der Waals surface area contributed by atoms with Gasteiger partial charge >= 0.3 is 0 Å². The van der Waals surface area contributed by atoms with Gasteiger partial charge in [0.2, 0.25) is 0 Å². The third kappa shape index (κ3) is 0.485. The van der Waals surface area contributed by atoms with Crippen molar-refractivity contribution < 1.29 is 4.74 Å². The van der Waals surface area contributed by atoms with Crippen LogP contribution in [0.15, 0.2) is 11.1 Å². The molecule has 1 heteroatoms. The predicted octanol–water partition coefficient (Wildman–Crippen LogP) is 2.03. The molecule has 10 heavy (non-hydrogen) atoms. The summed E-state index contributed by atoms with van der Waals surface area (Å²) in [6.45, 7) is 1.03. The van der Waals surface area contributed by atoms with Crippen LogP contribution in [0, 0.1) is 0 Å². The quantitative estimate of drug-likeness (QED) is 0.366. The Morgan fingerprint density at radius 2 is 2.10 bits per heavy atom. The van der Waals surface area contributed by atoms with E-state index in [-0.39, 0.29) is 0 Å². The molecule has 3 aliphatic rings. The second-order valence-electron chi connectivity index (χ2n) is 3.72.